The molecule has 1 fully saturated rings. The number of carbonyl (C=O) groups excluding carboxylic acids is 1. The minimum Gasteiger partial charge on any atom is -0.508 e. The van der Waals surface area contributed by atoms with E-state index in [2.05, 4.69) is 27.7 Å². The molecule has 6 nitrogen and oxygen atoms in total. The Balaban J connectivity index is 1.33. The molecule has 0 unspecified atom stereocenters. The number of likely N-dealkylation sites (tertiary alicyclic amines) is 1. The van der Waals surface area contributed by atoms with Crippen molar-refractivity contribution in [2.75, 3.05) is 31.6 Å². The van der Waals surface area contributed by atoms with Gasteiger partial charge in [-0.1, -0.05) is 30.7 Å². The van der Waals surface area contributed by atoms with Gasteiger partial charge in [-0.15, -0.1) is 0 Å². The summed E-state index contributed by atoms with van der Waals surface area (Å²) in [5, 5.41) is 16.9. The molecule has 3 N–H and O–H groups in total. The number of nitrogens with one attached hydrogen (secondary N) is 2. The highest BCUT2D eigenvalue weighted by molar-refractivity contribution is 6.30. The predicted molar refractivity (Wildman–Crippen MR) is 125 cm³/mol. The number of carbonyl (C=O) groups is 1. The minimum absolute atomic E-state index is 0.0837. The van der Waals surface area contributed by atoms with E-state index >= 15 is 0 Å². The molecule has 1 aliphatic heterocycles. The van der Waals surface area contributed by atoms with Gasteiger partial charge in [0.1, 0.15) is 11.5 Å². The zero-order valence-corrected chi connectivity index (χ0v) is 18.8. The van der Waals surface area contributed by atoms with Gasteiger partial charge in [-0.05, 0) is 68.7 Å². The molecule has 0 aromatic heterocycles. The smallest absolute Gasteiger partial charge is 0.224 e. The number of rotatable bonds is 10. The van der Waals surface area contributed by atoms with Crippen LogP contribution < -0.4 is 15.4 Å². The van der Waals surface area contributed by atoms with Crippen LogP contribution in [0.25, 0.3) is 0 Å². The Morgan fingerprint density at radius 1 is 1.19 bits per heavy atom. The summed E-state index contributed by atoms with van der Waals surface area (Å²) in [6.07, 6.45) is 3.51. The van der Waals surface area contributed by atoms with Crippen LogP contribution in [0.1, 0.15) is 38.2 Å². The van der Waals surface area contributed by atoms with Gasteiger partial charge in [0.2, 0.25) is 5.91 Å². The molecule has 31 heavy (non-hydrogen) atoms. The number of nitrogens with zero attached hydrogens (tertiary/aromatic N) is 1. The third kappa shape index (κ3) is 7.73. The Morgan fingerprint density at radius 2 is 1.94 bits per heavy atom. The molecule has 0 saturated carbocycles. The van der Waals surface area contributed by atoms with Crippen molar-refractivity contribution < 1.29 is 14.6 Å². The fourth-order valence-corrected chi connectivity index (χ4v) is 3.80. The summed E-state index contributed by atoms with van der Waals surface area (Å²) in [5.74, 6) is 0.532. The zero-order chi connectivity index (χ0) is 22.1. The van der Waals surface area contributed by atoms with Crippen molar-refractivity contribution >= 4 is 23.2 Å². The molecule has 7 heteroatoms. The van der Waals surface area contributed by atoms with E-state index in [-0.39, 0.29) is 11.7 Å². The van der Waals surface area contributed by atoms with Crippen LogP contribution >= 0.6 is 11.6 Å². The first-order chi connectivity index (χ1) is 15.0. The quantitative estimate of drug-likeness (QED) is 0.373. The molecule has 0 radical (unpaired) electrons. The molecule has 0 spiro atoms. The highest BCUT2D eigenvalue weighted by Gasteiger charge is 2.18. The van der Waals surface area contributed by atoms with Crippen LogP contribution in [0.15, 0.2) is 42.5 Å². The summed E-state index contributed by atoms with van der Waals surface area (Å²) in [6, 6.07) is 13.4. The first-order valence-electron chi connectivity index (χ1n) is 11.0. The fourth-order valence-electron chi connectivity index (χ4n) is 3.68. The monoisotopic (exact) mass is 445 g/mol. The number of piperidine rings is 1. The van der Waals surface area contributed by atoms with Gasteiger partial charge >= 0.3 is 0 Å². The molecular weight excluding hydrogens is 414 g/mol. The van der Waals surface area contributed by atoms with Crippen LogP contribution in [0, 0.1) is 0 Å². The third-order valence-electron chi connectivity index (χ3n) is 5.48. The number of anilines is 1. The highest BCUT2D eigenvalue weighted by atomic mass is 35.5. The Labute approximate surface area is 189 Å². The maximum atomic E-state index is 11.7. The standard InChI is InChI=1S/C24H32ClN3O3/c1-2-24(30)27-22-9-8-21(29)16-23(22)31-15-3-12-26-20-10-13-28(14-11-20)17-18-4-6-19(25)7-5-18/h4-9,16,20,26,29H,2-3,10-15,17H2,1H3,(H,27,30). The van der Waals surface area contributed by atoms with E-state index in [0.29, 0.717) is 30.5 Å². The first kappa shape index (κ1) is 23.4. The molecule has 1 heterocycles. The third-order valence-corrected chi connectivity index (χ3v) is 5.73. The number of amides is 1. The summed E-state index contributed by atoms with van der Waals surface area (Å²) in [6.45, 7) is 6.32. The molecule has 1 aliphatic rings. The van der Waals surface area contributed by atoms with Gasteiger partial charge in [0.15, 0.2) is 0 Å². The van der Waals surface area contributed by atoms with Crippen molar-refractivity contribution in [2.24, 2.45) is 0 Å². The number of benzene rings is 2. The van der Waals surface area contributed by atoms with E-state index in [1.54, 1.807) is 19.1 Å². The molecule has 168 valence electrons. The Bertz CT molecular complexity index is 836. The zero-order valence-electron chi connectivity index (χ0n) is 18.1. The lowest BCUT2D eigenvalue weighted by atomic mass is 10.0. The Morgan fingerprint density at radius 3 is 2.65 bits per heavy atom. The van der Waals surface area contributed by atoms with Crippen LogP contribution in [-0.2, 0) is 11.3 Å². The number of hydrogen-bond acceptors (Lipinski definition) is 5. The number of ether oxygens (including phenoxy) is 1. The van der Waals surface area contributed by atoms with Crippen LogP contribution in [0.3, 0.4) is 0 Å². The maximum Gasteiger partial charge on any atom is 0.224 e. The minimum atomic E-state index is -0.0837. The van der Waals surface area contributed by atoms with Gasteiger partial charge in [0.25, 0.3) is 0 Å². The SMILES string of the molecule is CCC(=O)Nc1ccc(O)cc1OCCCNC1CCN(Cc2ccc(Cl)cc2)CC1. The number of aromatic hydroxyl groups is 1. The first-order valence-corrected chi connectivity index (χ1v) is 11.4. The molecule has 2 aromatic carbocycles. The normalized spacial score (nSPS) is 15.0. The summed E-state index contributed by atoms with van der Waals surface area (Å²) in [5.41, 5.74) is 1.89. The second-order valence-electron chi connectivity index (χ2n) is 7.92. The van der Waals surface area contributed by atoms with Crippen molar-refractivity contribution in [3.8, 4) is 11.5 Å². The van der Waals surface area contributed by atoms with E-state index in [0.717, 1.165) is 50.5 Å². The van der Waals surface area contributed by atoms with Crippen molar-refractivity contribution in [3.63, 3.8) is 0 Å². The summed E-state index contributed by atoms with van der Waals surface area (Å²) >= 11 is 5.96. The molecule has 2 aromatic rings. The van der Waals surface area contributed by atoms with E-state index < -0.39 is 0 Å². The summed E-state index contributed by atoms with van der Waals surface area (Å²) < 4.78 is 5.81. The molecular formula is C24H32ClN3O3. The van der Waals surface area contributed by atoms with Gasteiger partial charge in [0.05, 0.1) is 12.3 Å². The van der Waals surface area contributed by atoms with Crippen molar-refractivity contribution in [3.05, 3.63) is 53.1 Å². The second-order valence-corrected chi connectivity index (χ2v) is 8.35. The van der Waals surface area contributed by atoms with Crippen LogP contribution in [-0.4, -0.2) is 48.2 Å². The van der Waals surface area contributed by atoms with Crippen LogP contribution in [0.2, 0.25) is 5.02 Å². The number of hydrogen-bond donors (Lipinski definition) is 3. The van der Waals surface area contributed by atoms with Gasteiger partial charge in [-0.2, -0.15) is 0 Å². The number of phenolic OH excluding ortho intramolecular Hbond substituents is 1. The van der Waals surface area contributed by atoms with Gasteiger partial charge in [0, 0.05) is 30.1 Å². The molecule has 3 rings (SSSR count). The maximum absolute atomic E-state index is 11.7. The molecule has 0 aliphatic carbocycles. The fraction of sp³-hybridized carbons (Fsp3) is 0.458. The second kappa shape index (κ2) is 11.9. The Kier molecular flexibility index (Phi) is 9.00. The number of halogens is 1. The topological polar surface area (TPSA) is 73.8 Å². The van der Waals surface area contributed by atoms with E-state index in [1.165, 1.54) is 11.6 Å². The van der Waals surface area contributed by atoms with E-state index in [9.17, 15) is 9.90 Å². The van der Waals surface area contributed by atoms with Crippen LogP contribution in [0.5, 0.6) is 11.5 Å². The van der Waals surface area contributed by atoms with Gasteiger partial charge in [-0.25, -0.2) is 0 Å². The number of phenols is 1. The molecule has 1 amide bonds. The van der Waals surface area contributed by atoms with Crippen molar-refractivity contribution in [2.45, 2.75) is 45.2 Å². The average Bonchev–Trinajstić information content (AvgIpc) is 2.78. The van der Waals surface area contributed by atoms with Crippen molar-refractivity contribution in [1.29, 1.82) is 0 Å². The largest absolute Gasteiger partial charge is 0.508 e. The van der Waals surface area contributed by atoms with E-state index in [4.69, 9.17) is 16.3 Å². The molecule has 0 atom stereocenters. The molecule has 0 bridgehead atoms. The average molecular weight is 446 g/mol. The Hall–Kier alpha value is -2.28. The van der Waals surface area contributed by atoms with Crippen LogP contribution in [0.4, 0.5) is 5.69 Å². The predicted octanol–water partition coefficient (Wildman–Crippen LogP) is 4.42. The van der Waals surface area contributed by atoms with Gasteiger partial charge in [-0.3, -0.25) is 9.69 Å². The molecule has 1 saturated heterocycles. The lowest BCUT2D eigenvalue weighted by Gasteiger charge is -2.32. The van der Waals surface area contributed by atoms with Gasteiger partial charge < -0.3 is 20.5 Å². The van der Waals surface area contributed by atoms with E-state index in [1.807, 2.05) is 12.1 Å². The summed E-state index contributed by atoms with van der Waals surface area (Å²) in [7, 11) is 0. The lowest BCUT2D eigenvalue weighted by Crippen LogP contribution is -2.42. The summed E-state index contributed by atoms with van der Waals surface area (Å²) in [4.78, 5) is 14.1. The van der Waals surface area contributed by atoms with Crippen molar-refractivity contribution in [1.82, 2.24) is 10.2 Å². The lowest BCUT2D eigenvalue weighted by molar-refractivity contribution is -0.115. The highest BCUT2D eigenvalue weighted by Crippen LogP contribution is 2.29.